The fraction of sp³-hybridized carbons (Fsp3) is 0.333. The molecule has 2 aromatic heterocycles. The number of hydrogen-bond acceptors (Lipinski definition) is 8. The van der Waals surface area contributed by atoms with Crippen LogP contribution in [0.1, 0.15) is 5.56 Å². The molecule has 0 bridgehead atoms. The summed E-state index contributed by atoms with van der Waals surface area (Å²) >= 11 is 0. The molecule has 3 aromatic rings. The Hall–Kier alpha value is -2.82. The Kier molecular flexibility index (Phi) is 5.54. The molecule has 0 saturated carbocycles. The van der Waals surface area contributed by atoms with E-state index >= 15 is 0 Å². The molecule has 1 fully saturated rings. The smallest absolute Gasteiger partial charge is 0.258 e. The van der Waals surface area contributed by atoms with E-state index in [9.17, 15) is 25.2 Å². The average molecular weight is 413 g/mol. The Morgan fingerprint density at radius 3 is 2.67 bits per heavy atom. The molecule has 0 amide bonds. The van der Waals surface area contributed by atoms with Crippen molar-refractivity contribution >= 4 is 16.6 Å². The summed E-state index contributed by atoms with van der Waals surface area (Å²) in [6, 6.07) is 9.57. The zero-order valence-corrected chi connectivity index (χ0v) is 16.2. The largest absolute Gasteiger partial charge is 0.394 e. The second-order valence-electron chi connectivity index (χ2n) is 7.33. The number of benzene rings is 1. The topological polar surface area (TPSA) is 148 Å². The van der Waals surface area contributed by atoms with E-state index in [2.05, 4.69) is 15.3 Å². The van der Waals surface area contributed by atoms with Crippen LogP contribution in [-0.2, 0) is 4.74 Å². The third kappa shape index (κ3) is 3.57. The lowest BCUT2D eigenvalue weighted by Crippen LogP contribution is -2.61. The fourth-order valence-electron chi connectivity index (χ4n) is 3.82. The first-order valence-electron chi connectivity index (χ1n) is 9.56. The molecule has 0 spiro atoms. The molecule has 3 heterocycles. The minimum absolute atomic E-state index is 0.280. The van der Waals surface area contributed by atoms with Crippen LogP contribution in [0.5, 0.6) is 0 Å². The van der Waals surface area contributed by atoms with Crippen LogP contribution in [0.2, 0.25) is 0 Å². The van der Waals surface area contributed by atoms with E-state index in [0.29, 0.717) is 22.5 Å². The van der Waals surface area contributed by atoms with Gasteiger partial charge in [0.2, 0.25) is 0 Å². The van der Waals surface area contributed by atoms with Crippen LogP contribution in [0.3, 0.4) is 0 Å². The standard InChI is InChI=1S/C21H23N3O6/c1-10-12-6-5-11(23-17-19(27)18(26)15(9-25)30-21(17)29)8-14(12)24-20(28)16(10)13-4-2-3-7-22-13/h2-8,15,17-19,21,23,25-27,29H,9H2,1H3,(H,24,28)/t15?,17-,18+,19?,21?/m0/s1. The molecule has 1 saturated heterocycles. The lowest BCUT2D eigenvalue weighted by atomic mass is 9.96. The van der Waals surface area contributed by atoms with Gasteiger partial charge in [0, 0.05) is 17.3 Å². The normalized spacial score (nSPS) is 26.6. The van der Waals surface area contributed by atoms with Crippen LogP contribution in [0, 0.1) is 6.92 Å². The van der Waals surface area contributed by atoms with Gasteiger partial charge in [0.25, 0.3) is 5.56 Å². The molecule has 9 heteroatoms. The summed E-state index contributed by atoms with van der Waals surface area (Å²) < 4.78 is 5.16. The quantitative estimate of drug-likeness (QED) is 0.353. The van der Waals surface area contributed by atoms with Crippen LogP contribution in [0.4, 0.5) is 5.69 Å². The van der Waals surface area contributed by atoms with E-state index in [1.807, 2.05) is 19.1 Å². The summed E-state index contributed by atoms with van der Waals surface area (Å²) in [5.74, 6) is 0. The molecule has 0 aliphatic carbocycles. The first-order chi connectivity index (χ1) is 14.4. The Balaban J connectivity index is 1.67. The van der Waals surface area contributed by atoms with Gasteiger partial charge >= 0.3 is 0 Å². The molecule has 4 rings (SSSR count). The molecule has 1 aromatic carbocycles. The van der Waals surface area contributed by atoms with Gasteiger partial charge in [-0.1, -0.05) is 12.1 Å². The number of aryl methyl sites for hydroxylation is 1. The number of pyridine rings is 2. The molecule has 158 valence electrons. The molecule has 0 radical (unpaired) electrons. The van der Waals surface area contributed by atoms with E-state index in [0.717, 1.165) is 10.9 Å². The van der Waals surface area contributed by atoms with E-state index in [4.69, 9.17) is 4.74 Å². The van der Waals surface area contributed by atoms with Gasteiger partial charge in [-0.15, -0.1) is 0 Å². The molecule has 9 nitrogen and oxygen atoms in total. The number of ether oxygens (including phenoxy) is 1. The van der Waals surface area contributed by atoms with Gasteiger partial charge in [-0.05, 0) is 36.8 Å². The summed E-state index contributed by atoms with van der Waals surface area (Å²) in [6.07, 6.45) is -3.62. The number of aliphatic hydroxyl groups is 4. The van der Waals surface area contributed by atoms with E-state index in [1.54, 1.807) is 30.5 Å². The molecular formula is C21H23N3O6. The van der Waals surface area contributed by atoms with Crippen molar-refractivity contribution in [2.75, 3.05) is 11.9 Å². The number of nitrogens with one attached hydrogen (secondary N) is 2. The number of rotatable bonds is 4. The number of aromatic amines is 1. The van der Waals surface area contributed by atoms with E-state index < -0.39 is 37.3 Å². The monoisotopic (exact) mass is 413 g/mol. The first-order valence-corrected chi connectivity index (χ1v) is 9.56. The van der Waals surface area contributed by atoms with Crippen molar-refractivity contribution < 1.29 is 25.2 Å². The first kappa shape index (κ1) is 20.5. The van der Waals surface area contributed by atoms with Crippen LogP contribution in [0.25, 0.3) is 22.2 Å². The van der Waals surface area contributed by atoms with E-state index in [1.165, 1.54) is 0 Å². The van der Waals surface area contributed by atoms with Crippen LogP contribution >= 0.6 is 0 Å². The minimum Gasteiger partial charge on any atom is -0.394 e. The maximum Gasteiger partial charge on any atom is 0.258 e. The van der Waals surface area contributed by atoms with Crippen molar-refractivity contribution in [1.29, 1.82) is 0 Å². The van der Waals surface area contributed by atoms with Gasteiger partial charge in [0.05, 0.1) is 23.4 Å². The molecule has 1 aliphatic rings. The SMILES string of the molecule is Cc1c(-c2ccccn2)c(=O)[nH]c2cc(N[C@@H]3C(O)OC(CO)[C@@H](O)C3O)ccc12. The highest BCUT2D eigenvalue weighted by Crippen LogP contribution is 2.28. The highest BCUT2D eigenvalue weighted by atomic mass is 16.6. The maximum atomic E-state index is 12.7. The Bertz CT molecular complexity index is 1100. The Labute approximate surface area is 171 Å². The number of aliphatic hydroxyl groups excluding tert-OH is 4. The van der Waals surface area contributed by atoms with Crippen molar-refractivity contribution in [2.45, 2.75) is 37.6 Å². The highest BCUT2D eigenvalue weighted by molar-refractivity contribution is 5.89. The predicted octanol–water partition coefficient (Wildman–Crippen LogP) is 0.110. The molecule has 6 N–H and O–H groups in total. The van der Waals surface area contributed by atoms with Gasteiger partial charge in [-0.25, -0.2) is 0 Å². The summed E-state index contributed by atoms with van der Waals surface area (Å²) in [5, 5.41) is 43.4. The molecular weight excluding hydrogens is 390 g/mol. The van der Waals surface area contributed by atoms with Gasteiger partial charge in [-0.2, -0.15) is 0 Å². The maximum absolute atomic E-state index is 12.7. The molecule has 3 unspecified atom stereocenters. The van der Waals surface area contributed by atoms with Crippen LogP contribution in [-0.4, -0.2) is 67.6 Å². The van der Waals surface area contributed by atoms with Crippen molar-refractivity contribution in [2.24, 2.45) is 0 Å². The van der Waals surface area contributed by atoms with Gasteiger partial charge in [-0.3, -0.25) is 9.78 Å². The summed E-state index contributed by atoms with van der Waals surface area (Å²) in [6.45, 7) is 1.32. The van der Waals surface area contributed by atoms with Gasteiger partial charge < -0.3 is 35.5 Å². The third-order valence-corrected chi connectivity index (χ3v) is 5.43. The number of hydrogen-bond donors (Lipinski definition) is 6. The number of nitrogens with zero attached hydrogens (tertiary/aromatic N) is 1. The lowest BCUT2D eigenvalue weighted by molar-refractivity contribution is -0.245. The third-order valence-electron chi connectivity index (χ3n) is 5.43. The molecule has 5 atom stereocenters. The van der Waals surface area contributed by atoms with Gasteiger partial charge in [0.15, 0.2) is 6.29 Å². The van der Waals surface area contributed by atoms with Crippen LogP contribution < -0.4 is 10.9 Å². The number of H-pyrrole nitrogens is 1. The van der Waals surface area contributed by atoms with Crippen molar-refractivity contribution in [3.63, 3.8) is 0 Å². The van der Waals surface area contributed by atoms with E-state index in [-0.39, 0.29) is 5.56 Å². The highest BCUT2D eigenvalue weighted by Gasteiger charge is 2.43. The summed E-state index contributed by atoms with van der Waals surface area (Å²) in [5.41, 5.74) is 2.65. The minimum atomic E-state index is -1.44. The van der Waals surface area contributed by atoms with Gasteiger partial charge in [0.1, 0.15) is 24.4 Å². The average Bonchev–Trinajstić information content (AvgIpc) is 2.74. The Morgan fingerprint density at radius 2 is 1.97 bits per heavy atom. The zero-order valence-electron chi connectivity index (χ0n) is 16.2. The van der Waals surface area contributed by atoms with Crippen molar-refractivity contribution in [3.05, 3.63) is 58.5 Å². The zero-order chi connectivity index (χ0) is 21.4. The lowest BCUT2D eigenvalue weighted by Gasteiger charge is -2.40. The fourth-order valence-corrected chi connectivity index (χ4v) is 3.82. The predicted molar refractivity (Wildman–Crippen MR) is 110 cm³/mol. The Morgan fingerprint density at radius 1 is 1.17 bits per heavy atom. The summed E-state index contributed by atoms with van der Waals surface area (Å²) in [4.78, 5) is 19.8. The van der Waals surface area contributed by atoms with Crippen molar-refractivity contribution in [3.8, 4) is 11.3 Å². The number of fused-ring (bicyclic) bond motifs is 1. The number of aromatic nitrogens is 2. The van der Waals surface area contributed by atoms with Crippen molar-refractivity contribution in [1.82, 2.24) is 9.97 Å². The van der Waals surface area contributed by atoms with Crippen LogP contribution in [0.15, 0.2) is 47.4 Å². The second-order valence-corrected chi connectivity index (χ2v) is 7.33. The number of anilines is 1. The molecule has 30 heavy (non-hydrogen) atoms. The second kappa shape index (κ2) is 8.13. The molecule has 1 aliphatic heterocycles. The summed E-state index contributed by atoms with van der Waals surface area (Å²) in [7, 11) is 0.